The molecule has 0 atom stereocenters. The van der Waals surface area contributed by atoms with Crippen LogP contribution in [-0.2, 0) is 23.8 Å². The summed E-state index contributed by atoms with van der Waals surface area (Å²) in [6, 6.07) is 0. The summed E-state index contributed by atoms with van der Waals surface area (Å²) in [7, 11) is -5.71. The molecule has 1 fully saturated rings. The molecule has 0 radical (unpaired) electrons. The van der Waals surface area contributed by atoms with Gasteiger partial charge < -0.3 is 18.6 Å². The van der Waals surface area contributed by atoms with Gasteiger partial charge in [0, 0.05) is 19.5 Å². The number of halogens is 3. The van der Waals surface area contributed by atoms with Crippen molar-refractivity contribution in [3.8, 4) is 0 Å². The van der Waals surface area contributed by atoms with Crippen molar-refractivity contribution in [2.24, 2.45) is 0 Å². The van der Waals surface area contributed by atoms with E-state index in [1.165, 1.54) is 11.0 Å². The van der Waals surface area contributed by atoms with Crippen LogP contribution in [0, 0.1) is 0 Å². The fourth-order valence-electron chi connectivity index (χ4n) is 2.70. The summed E-state index contributed by atoms with van der Waals surface area (Å²) in [5.41, 5.74) is -7.08. The average molecular weight is 401 g/mol. The van der Waals surface area contributed by atoms with Gasteiger partial charge >= 0.3 is 21.7 Å². The number of carbonyl (C=O) groups excluding carboxylic acids is 1. The highest BCUT2D eigenvalue weighted by Crippen LogP contribution is 2.36. The molecule has 0 aromatic rings. The Morgan fingerprint density at radius 1 is 1.23 bits per heavy atom. The van der Waals surface area contributed by atoms with E-state index < -0.39 is 32.9 Å². The number of alkyl halides is 3. The summed E-state index contributed by atoms with van der Waals surface area (Å²) in [6.45, 7) is 5.80. The quantitative estimate of drug-likeness (QED) is 0.523. The first-order valence-corrected chi connectivity index (χ1v) is 9.48. The Morgan fingerprint density at radius 3 is 2.31 bits per heavy atom. The number of carbonyl (C=O) groups is 1. The van der Waals surface area contributed by atoms with Crippen molar-refractivity contribution in [1.29, 1.82) is 0 Å². The molecular weight excluding hydrogens is 379 g/mol. The van der Waals surface area contributed by atoms with Gasteiger partial charge in [-0.05, 0) is 39.7 Å². The second-order valence-corrected chi connectivity index (χ2v) is 8.76. The standard InChI is InChI=1S/C15H22F3NO6S/c1-13(2,3)24-12(20)19-7-5-14(6-8-19)10-11(4-9-23-14)25-26(21,22)15(16,17)18/h10H,4-9H2,1-3H3. The largest absolute Gasteiger partial charge is 0.534 e. The molecule has 0 bridgehead atoms. The van der Waals surface area contributed by atoms with Gasteiger partial charge in [0.1, 0.15) is 11.4 Å². The molecular formula is C15H22F3NO6S. The minimum atomic E-state index is -5.71. The predicted octanol–water partition coefficient (Wildman–Crippen LogP) is 2.93. The van der Waals surface area contributed by atoms with E-state index in [4.69, 9.17) is 9.47 Å². The fraction of sp³-hybridized carbons (Fsp3) is 0.800. The molecule has 0 aliphatic carbocycles. The highest BCUT2D eigenvalue weighted by atomic mass is 32.2. The van der Waals surface area contributed by atoms with E-state index >= 15 is 0 Å². The van der Waals surface area contributed by atoms with E-state index in [1.54, 1.807) is 20.8 Å². The topological polar surface area (TPSA) is 82.1 Å². The molecule has 0 unspecified atom stereocenters. The van der Waals surface area contributed by atoms with E-state index in [2.05, 4.69) is 4.18 Å². The molecule has 26 heavy (non-hydrogen) atoms. The summed E-state index contributed by atoms with van der Waals surface area (Å²) in [5.74, 6) is -0.292. The number of hydrogen-bond donors (Lipinski definition) is 0. The third-order valence-electron chi connectivity index (χ3n) is 3.92. The molecule has 11 heteroatoms. The summed E-state index contributed by atoms with van der Waals surface area (Å²) in [4.78, 5) is 13.5. The lowest BCUT2D eigenvalue weighted by molar-refractivity contribution is -0.0680. The highest BCUT2D eigenvalue weighted by Gasteiger charge is 2.49. The first-order valence-electron chi connectivity index (χ1n) is 8.07. The Hall–Kier alpha value is -1.49. The molecule has 2 rings (SSSR count). The highest BCUT2D eigenvalue weighted by molar-refractivity contribution is 7.87. The van der Waals surface area contributed by atoms with Gasteiger partial charge in [0.15, 0.2) is 0 Å². The Labute approximate surface area is 150 Å². The van der Waals surface area contributed by atoms with Crippen molar-refractivity contribution < 1.29 is 40.0 Å². The van der Waals surface area contributed by atoms with Crippen molar-refractivity contribution in [3.63, 3.8) is 0 Å². The molecule has 0 aromatic carbocycles. The van der Waals surface area contributed by atoms with Gasteiger partial charge in [0.2, 0.25) is 0 Å². The maximum atomic E-state index is 12.5. The number of ether oxygens (including phenoxy) is 2. The Kier molecular flexibility index (Phi) is 5.54. The molecule has 1 spiro atoms. The maximum Gasteiger partial charge on any atom is 0.534 e. The van der Waals surface area contributed by atoms with E-state index in [0.717, 1.165) is 0 Å². The second-order valence-electron chi connectivity index (χ2n) is 7.22. The molecule has 0 saturated carbocycles. The minimum Gasteiger partial charge on any atom is -0.444 e. The molecule has 2 aliphatic rings. The van der Waals surface area contributed by atoms with Crippen LogP contribution >= 0.6 is 0 Å². The normalized spacial score (nSPS) is 21.3. The van der Waals surface area contributed by atoms with Crippen molar-refractivity contribution in [1.82, 2.24) is 4.90 Å². The maximum absolute atomic E-state index is 12.5. The summed E-state index contributed by atoms with van der Waals surface area (Å²) in [6.07, 6.45) is 1.32. The van der Waals surface area contributed by atoms with Crippen molar-refractivity contribution in [3.05, 3.63) is 11.8 Å². The summed E-state index contributed by atoms with van der Waals surface area (Å²) in [5, 5.41) is 0. The summed E-state index contributed by atoms with van der Waals surface area (Å²) >= 11 is 0. The van der Waals surface area contributed by atoms with E-state index in [9.17, 15) is 26.4 Å². The fourth-order valence-corrected chi connectivity index (χ4v) is 3.21. The molecule has 0 N–H and O–H groups in total. The summed E-state index contributed by atoms with van der Waals surface area (Å²) < 4.78 is 74.9. The van der Waals surface area contributed by atoms with Gasteiger partial charge in [0.25, 0.3) is 0 Å². The Bertz CT molecular complexity index is 672. The zero-order valence-electron chi connectivity index (χ0n) is 14.8. The van der Waals surface area contributed by atoms with Gasteiger partial charge in [-0.25, -0.2) is 4.79 Å². The van der Waals surface area contributed by atoms with E-state index in [-0.39, 0.29) is 31.9 Å². The molecule has 1 saturated heterocycles. The van der Waals surface area contributed by atoms with Crippen molar-refractivity contribution in [2.75, 3.05) is 19.7 Å². The molecule has 2 aliphatic heterocycles. The van der Waals surface area contributed by atoms with Crippen LogP contribution in [0.25, 0.3) is 0 Å². The van der Waals surface area contributed by atoms with Crippen LogP contribution in [0.4, 0.5) is 18.0 Å². The monoisotopic (exact) mass is 401 g/mol. The number of likely N-dealkylation sites (tertiary alicyclic amines) is 1. The average Bonchev–Trinajstić information content (AvgIpc) is 2.44. The zero-order chi connectivity index (χ0) is 19.8. The molecule has 0 aromatic heterocycles. The van der Waals surface area contributed by atoms with Gasteiger partial charge in [0.05, 0.1) is 12.2 Å². The number of nitrogens with zero attached hydrogens (tertiary/aromatic N) is 1. The van der Waals surface area contributed by atoms with Crippen molar-refractivity contribution >= 4 is 16.2 Å². The van der Waals surface area contributed by atoms with Crippen LogP contribution in [0.1, 0.15) is 40.0 Å². The molecule has 2 heterocycles. The van der Waals surface area contributed by atoms with Crippen LogP contribution in [0.15, 0.2) is 11.8 Å². The molecule has 7 nitrogen and oxygen atoms in total. The number of piperidine rings is 1. The number of hydrogen-bond acceptors (Lipinski definition) is 6. The van der Waals surface area contributed by atoms with Crippen LogP contribution in [-0.4, -0.2) is 55.8 Å². The lowest BCUT2D eigenvalue weighted by Gasteiger charge is -2.42. The molecule has 1 amide bonds. The van der Waals surface area contributed by atoms with Crippen LogP contribution in [0.5, 0.6) is 0 Å². The number of rotatable bonds is 2. The smallest absolute Gasteiger partial charge is 0.444 e. The third-order valence-corrected chi connectivity index (χ3v) is 4.92. The lowest BCUT2D eigenvalue weighted by atomic mass is 9.89. The first kappa shape index (κ1) is 20.8. The second kappa shape index (κ2) is 6.91. The predicted molar refractivity (Wildman–Crippen MR) is 84.5 cm³/mol. The van der Waals surface area contributed by atoms with Gasteiger partial charge in [-0.3, -0.25) is 0 Å². The SMILES string of the molecule is CC(C)(C)OC(=O)N1CCC2(C=C(OS(=O)(=O)C(F)(F)F)CCO2)CC1. The van der Waals surface area contributed by atoms with Crippen LogP contribution in [0.2, 0.25) is 0 Å². The van der Waals surface area contributed by atoms with Gasteiger partial charge in [-0.2, -0.15) is 21.6 Å². The van der Waals surface area contributed by atoms with E-state index in [1.807, 2.05) is 0 Å². The van der Waals surface area contributed by atoms with Crippen LogP contribution in [0.3, 0.4) is 0 Å². The first-order chi connectivity index (χ1) is 11.7. The van der Waals surface area contributed by atoms with Crippen LogP contribution < -0.4 is 0 Å². The lowest BCUT2D eigenvalue weighted by Crippen LogP contribution is -2.49. The van der Waals surface area contributed by atoms with Gasteiger partial charge in [-0.15, -0.1) is 0 Å². The Morgan fingerprint density at radius 2 is 1.81 bits per heavy atom. The zero-order valence-corrected chi connectivity index (χ0v) is 15.6. The minimum absolute atomic E-state index is 0.0334. The van der Waals surface area contributed by atoms with E-state index in [0.29, 0.717) is 12.8 Å². The Balaban J connectivity index is 2.04. The molecule has 150 valence electrons. The van der Waals surface area contributed by atoms with Gasteiger partial charge in [-0.1, -0.05) is 0 Å². The third kappa shape index (κ3) is 5.03. The van der Waals surface area contributed by atoms with Crippen molar-refractivity contribution in [2.45, 2.75) is 56.7 Å². The number of amides is 1.